The number of aryl methyl sites for hydroxylation is 1. The van der Waals surface area contributed by atoms with Crippen LogP contribution in [-0.2, 0) is 27.8 Å². The first-order chi connectivity index (χ1) is 9.97. The summed E-state index contributed by atoms with van der Waals surface area (Å²) in [6, 6.07) is 4.79. The maximum atomic E-state index is 12.6. The predicted molar refractivity (Wildman–Crippen MR) is 80.5 cm³/mol. The lowest BCUT2D eigenvalue weighted by molar-refractivity contribution is 0.0902. The van der Waals surface area contributed by atoms with Crippen LogP contribution in [0.2, 0.25) is 0 Å². The molecule has 1 fully saturated rings. The minimum atomic E-state index is -3.61. The summed E-state index contributed by atoms with van der Waals surface area (Å²) in [5.74, 6) is 0. The van der Waals surface area contributed by atoms with Crippen LogP contribution in [0, 0.1) is 0 Å². The average Bonchev–Trinajstić information content (AvgIpc) is 3.00. The molecule has 2 rings (SSSR count). The number of aliphatic hydroxyl groups excluding tert-OH is 1. The third-order valence-electron chi connectivity index (χ3n) is 3.85. The van der Waals surface area contributed by atoms with Crippen LogP contribution in [0.4, 0.5) is 0 Å². The highest BCUT2D eigenvalue weighted by atomic mass is 32.2. The molecule has 0 aliphatic carbocycles. The van der Waals surface area contributed by atoms with Crippen LogP contribution >= 0.6 is 0 Å². The van der Waals surface area contributed by atoms with Crippen LogP contribution in [0.1, 0.15) is 37.8 Å². The molecule has 0 amide bonds. The van der Waals surface area contributed by atoms with Crippen LogP contribution in [0.3, 0.4) is 0 Å². The molecule has 1 saturated heterocycles. The monoisotopic (exact) mass is 313 g/mol. The van der Waals surface area contributed by atoms with Crippen molar-refractivity contribution in [3.05, 3.63) is 29.3 Å². The predicted octanol–water partition coefficient (Wildman–Crippen LogP) is 1.59. The Hall–Kier alpha value is -0.950. The van der Waals surface area contributed by atoms with E-state index in [1.807, 2.05) is 13.8 Å². The van der Waals surface area contributed by atoms with Gasteiger partial charge in [0.25, 0.3) is 0 Å². The normalized spacial score (nSPS) is 20.6. The van der Waals surface area contributed by atoms with Gasteiger partial charge in [0.05, 0.1) is 17.6 Å². The maximum absolute atomic E-state index is 12.6. The SMILES string of the molecule is CCc1ccc(CO)cc1S(=O)(=O)NC(C)C1CCCO1. The highest BCUT2D eigenvalue weighted by molar-refractivity contribution is 7.89. The van der Waals surface area contributed by atoms with Crippen molar-refractivity contribution >= 4 is 10.0 Å². The van der Waals surface area contributed by atoms with E-state index in [1.165, 1.54) is 0 Å². The van der Waals surface area contributed by atoms with Crippen LogP contribution in [0.25, 0.3) is 0 Å². The Bertz CT molecular complexity index is 579. The Morgan fingerprint density at radius 1 is 1.48 bits per heavy atom. The van der Waals surface area contributed by atoms with Crippen molar-refractivity contribution in [1.82, 2.24) is 4.72 Å². The molecule has 118 valence electrons. The zero-order valence-corrected chi connectivity index (χ0v) is 13.3. The summed E-state index contributed by atoms with van der Waals surface area (Å²) in [6.45, 7) is 4.26. The third kappa shape index (κ3) is 3.83. The maximum Gasteiger partial charge on any atom is 0.241 e. The molecule has 1 aliphatic heterocycles. The van der Waals surface area contributed by atoms with Crippen LogP contribution in [0.5, 0.6) is 0 Å². The number of hydrogen-bond acceptors (Lipinski definition) is 4. The lowest BCUT2D eigenvalue weighted by Gasteiger charge is -2.21. The van der Waals surface area contributed by atoms with Crippen molar-refractivity contribution in [3.63, 3.8) is 0 Å². The molecule has 1 heterocycles. The topological polar surface area (TPSA) is 75.6 Å². The number of nitrogens with one attached hydrogen (secondary N) is 1. The molecule has 0 radical (unpaired) electrons. The first-order valence-electron chi connectivity index (χ1n) is 7.34. The van der Waals surface area contributed by atoms with Gasteiger partial charge in [0.1, 0.15) is 0 Å². The van der Waals surface area contributed by atoms with Gasteiger partial charge < -0.3 is 9.84 Å². The molecule has 1 aromatic carbocycles. The van der Waals surface area contributed by atoms with Crippen LogP contribution < -0.4 is 4.72 Å². The second-order valence-electron chi connectivity index (χ2n) is 5.42. The minimum Gasteiger partial charge on any atom is -0.392 e. The van der Waals surface area contributed by atoms with Gasteiger partial charge in [-0.2, -0.15) is 0 Å². The summed E-state index contributed by atoms with van der Waals surface area (Å²) in [4.78, 5) is 0.251. The highest BCUT2D eigenvalue weighted by Gasteiger charge is 2.28. The van der Waals surface area contributed by atoms with E-state index in [-0.39, 0.29) is 23.6 Å². The smallest absolute Gasteiger partial charge is 0.241 e. The van der Waals surface area contributed by atoms with Gasteiger partial charge in [-0.25, -0.2) is 13.1 Å². The number of benzene rings is 1. The molecule has 1 aliphatic rings. The van der Waals surface area contributed by atoms with E-state index in [4.69, 9.17) is 4.74 Å². The number of aliphatic hydroxyl groups is 1. The van der Waals surface area contributed by atoms with Crippen molar-refractivity contribution in [2.24, 2.45) is 0 Å². The fourth-order valence-electron chi connectivity index (χ4n) is 2.62. The summed E-state index contributed by atoms with van der Waals surface area (Å²) < 4.78 is 33.4. The number of ether oxygens (including phenoxy) is 1. The third-order valence-corrected chi connectivity index (χ3v) is 5.49. The van der Waals surface area contributed by atoms with E-state index in [1.54, 1.807) is 18.2 Å². The van der Waals surface area contributed by atoms with E-state index in [9.17, 15) is 13.5 Å². The second-order valence-corrected chi connectivity index (χ2v) is 7.10. The molecule has 0 bridgehead atoms. The first-order valence-corrected chi connectivity index (χ1v) is 8.83. The molecule has 0 aromatic heterocycles. The summed E-state index contributed by atoms with van der Waals surface area (Å²) >= 11 is 0. The highest BCUT2D eigenvalue weighted by Crippen LogP contribution is 2.21. The molecule has 5 nitrogen and oxygen atoms in total. The van der Waals surface area contributed by atoms with E-state index < -0.39 is 10.0 Å². The number of hydrogen-bond donors (Lipinski definition) is 2. The fraction of sp³-hybridized carbons (Fsp3) is 0.600. The zero-order chi connectivity index (χ0) is 15.5. The van der Waals surface area contributed by atoms with E-state index in [2.05, 4.69) is 4.72 Å². The molecule has 0 spiro atoms. The van der Waals surface area contributed by atoms with Crippen molar-refractivity contribution in [2.75, 3.05) is 6.61 Å². The molecule has 6 heteroatoms. The zero-order valence-electron chi connectivity index (χ0n) is 12.5. The Kier molecular flexibility index (Phi) is 5.37. The van der Waals surface area contributed by atoms with Gasteiger partial charge in [0, 0.05) is 12.6 Å². The second kappa shape index (κ2) is 6.87. The van der Waals surface area contributed by atoms with Crippen molar-refractivity contribution in [2.45, 2.75) is 56.8 Å². The fourth-order valence-corrected chi connectivity index (χ4v) is 4.25. The summed E-state index contributed by atoms with van der Waals surface area (Å²) in [5, 5.41) is 9.21. The average molecular weight is 313 g/mol. The molecule has 2 unspecified atom stereocenters. The Balaban J connectivity index is 2.25. The molecular weight excluding hydrogens is 290 g/mol. The van der Waals surface area contributed by atoms with Gasteiger partial charge >= 0.3 is 0 Å². The minimum absolute atomic E-state index is 0.0640. The van der Waals surface area contributed by atoms with Crippen LogP contribution in [0.15, 0.2) is 23.1 Å². The quantitative estimate of drug-likeness (QED) is 0.836. The summed E-state index contributed by atoms with van der Waals surface area (Å²) in [5.41, 5.74) is 1.34. The van der Waals surface area contributed by atoms with Gasteiger partial charge in [-0.1, -0.05) is 19.1 Å². The Morgan fingerprint density at radius 2 is 2.24 bits per heavy atom. The number of sulfonamides is 1. The van der Waals surface area contributed by atoms with Crippen molar-refractivity contribution in [1.29, 1.82) is 0 Å². The van der Waals surface area contributed by atoms with Crippen LogP contribution in [-0.4, -0.2) is 32.3 Å². The molecule has 21 heavy (non-hydrogen) atoms. The lowest BCUT2D eigenvalue weighted by atomic mass is 10.1. The van der Waals surface area contributed by atoms with Gasteiger partial charge in [-0.05, 0) is 43.4 Å². The van der Waals surface area contributed by atoms with E-state index >= 15 is 0 Å². The van der Waals surface area contributed by atoms with Gasteiger partial charge in [0.15, 0.2) is 0 Å². The number of rotatable bonds is 6. The van der Waals surface area contributed by atoms with Gasteiger partial charge in [-0.15, -0.1) is 0 Å². The Morgan fingerprint density at radius 3 is 2.81 bits per heavy atom. The van der Waals surface area contributed by atoms with E-state index in [0.717, 1.165) is 18.4 Å². The van der Waals surface area contributed by atoms with Gasteiger partial charge in [-0.3, -0.25) is 0 Å². The standard InChI is InChI=1S/C15H23NO4S/c1-3-13-7-6-12(10-17)9-15(13)21(18,19)16-11(2)14-5-4-8-20-14/h6-7,9,11,14,16-17H,3-5,8,10H2,1-2H3. The molecule has 0 saturated carbocycles. The lowest BCUT2D eigenvalue weighted by Crippen LogP contribution is -2.41. The molecule has 2 N–H and O–H groups in total. The molecule has 2 atom stereocenters. The van der Waals surface area contributed by atoms with Crippen molar-refractivity contribution < 1.29 is 18.3 Å². The van der Waals surface area contributed by atoms with E-state index in [0.29, 0.717) is 18.6 Å². The largest absolute Gasteiger partial charge is 0.392 e. The summed E-state index contributed by atoms with van der Waals surface area (Å²) in [6.07, 6.45) is 2.40. The molecule has 1 aromatic rings. The summed E-state index contributed by atoms with van der Waals surface area (Å²) in [7, 11) is -3.61. The van der Waals surface area contributed by atoms with Gasteiger partial charge in [0.2, 0.25) is 10.0 Å². The van der Waals surface area contributed by atoms with Crippen molar-refractivity contribution in [3.8, 4) is 0 Å². The molecular formula is C15H23NO4S. The Labute approximate surface area is 126 Å². The first kappa shape index (κ1) is 16.4.